The van der Waals surface area contributed by atoms with E-state index in [1.54, 1.807) is 0 Å². The number of amides is 1. The van der Waals surface area contributed by atoms with E-state index >= 15 is 0 Å². The van der Waals surface area contributed by atoms with Gasteiger partial charge in [0, 0.05) is 26.1 Å². The molecule has 1 aromatic heterocycles. The minimum absolute atomic E-state index is 0.0120. The third-order valence-electron chi connectivity index (χ3n) is 5.59. The van der Waals surface area contributed by atoms with Crippen LogP contribution in [0.5, 0.6) is 5.75 Å². The Bertz CT molecular complexity index is 1020. The zero-order valence-corrected chi connectivity index (χ0v) is 18.4. The first-order chi connectivity index (χ1) is 15.1. The first kappa shape index (κ1) is 21.4. The van der Waals surface area contributed by atoms with Crippen LogP contribution in [0.1, 0.15) is 36.2 Å². The number of carbonyl (C=O) groups is 1. The molecule has 1 saturated heterocycles. The number of aryl methyl sites for hydroxylation is 3. The van der Waals surface area contributed by atoms with Gasteiger partial charge in [-0.2, -0.15) is 0 Å². The van der Waals surface area contributed by atoms with Crippen LogP contribution in [-0.2, 0) is 22.5 Å². The van der Waals surface area contributed by atoms with Crippen molar-refractivity contribution in [2.45, 2.75) is 52.2 Å². The van der Waals surface area contributed by atoms with Crippen LogP contribution in [0, 0.1) is 13.8 Å². The Morgan fingerprint density at radius 3 is 2.81 bits per heavy atom. The van der Waals surface area contributed by atoms with Crippen molar-refractivity contribution < 1.29 is 14.3 Å². The highest BCUT2D eigenvalue weighted by Crippen LogP contribution is 2.19. The molecule has 0 bridgehead atoms. The molecule has 1 unspecified atom stereocenters. The Morgan fingerprint density at radius 1 is 1.23 bits per heavy atom. The van der Waals surface area contributed by atoms with Crippen molar-refractivity contribution in [1.82, 2.24) is 14.9 Å². The molecule has 0 spiro atoms. The van der Waals surface area contributed by atoms with Gasteiger partial charge in [0.2, 0.25) is 5.91 Å². The molecule has 1 N–H and O–H groups in total. The summed E-state index contributed by atoms with van der Waals surface area (Å²) in [5, 5.41) is 3.00. The summed E-state index contributed by atoms with van der Waals surface area (Å²) in [6, 6.07) is 14.5. The van der Waals surface area contributed by atoms with Crippen LogP contribution in [0.15, 0.2) is 42.5 Å². The maximum Gasteiger partial charge on any atom is 0.249 e. The lowest BCUT2D eigenvalue weighted by Crippen LogP contribution is -2.35. The van der Waals surface area contributed by atoms with E-state index in [1.807, 2.05) is 18.2 Å². The number of rotatable bonds is 9. The molecule has 0 radical (unpaired) electrons. The molecule has 1 aliphatic heterocycles. The normalized spacial score (nSPS) is 16.0. The van der Waals surface area contributed by atoms with Crippen LogP contribution in [0.2, 0.25) is 0 Å². The van der Waals surface area contributed by atoms with Gasteiger partial charge in [-0.15, -0.1) is 0 Å². The van der Waals surface area contributed by atoms with Gasteiger partial charge in [0.1, 0.15) is 17.7 Å². The van der Waals surface area contributed by atoms with Crippen molar-refractivity contribution in [3.63, 3.8) is 0 Å². The Balaban J connectivity index is 1.36. The highest BCUT2D eigenvalue weighted by Gasteiger charge is 2.23. The average molecular weight is 422 g/mol. The molecule has 0 saturated carbocycles. The van der Waals surface area contributed by atoms with E-state index in [0.717, 1.165) is 48.4 Å². The Hall–Kier alpha value is -2.86. The summed E-state index contributed by atoms with van der Waals surface area (Å²) >= 11 is 0. The van der Waals surface area contributed by atoms with Crippen LogP contribution in [0.4, 0.5) is 0 Å². The Morgan fingerprint density at radius 2 is 2.03 bits per heavy atom. The van der Waals surface area contributed by atoms with E-state index in [-0.39, 0.29) is 12.0 Å². The van der Waals surface area contributed by atoms with Crippen molar-refractivity contribution in [1.29, 1.82) is 0 Å². The number of para-hydroxylation sites is 2. The first-order valence-electron chi connectivity index (χ1n) is 11.1. The number of imidazole rings is 1. The van der Waals surface area contributed by atoms with Crippen LogP contribution >= 0.6 is 0 Å². The van der Waals surface area contributed by atoms with Gasteiger partial charge in [-0.05, 0) is 68.5 Å². The molecule has 31 heavy (non-hydrogen) atoms. The van der Waals surface area contributed by atoms with Gasteiger partial charge >= 0.3 is 0 Å². The number of carbonyl (C=O) groups excluding carboxylic acids is 1. The lowest BCUT2D eigenvalue weighted by atomic mass is 10.1. The largest absolute Gasteiger partial charge is 0.494 e. The minimum atomic E-state index is -0.291. The van der Waals surface area contributed by atoms with Gasteiger partial charge in [0.15, 0.2) is 0 Å². The SMILES string of the molecule is Cc1cc(C)cc(OCCCn2c(CCNC(=O)C3CCCO3)nc3ccccc32)c1. The molecule has 1 amide bonds. The summed E-state index contributed by atoms with van der Waals surface area (Å²) in [7, 11) is 0. The number of nitrogens with one attached hydrogen (secondary N) is 1. The molecule has 1 aliphatic rings. The summed E-state index contributed by atoms with van der Waals surface area (Å²) in [6.07, 6.45) is 3.04. The summed E-state index contributed by atoms with van der Waals surface area (Å²) in [6.45, 7) is 6.87. The lowest BCUT2D eigenvalue weighted by Gasteiger charge is -2.13. The summed E-state index contributed by atoms with van der Waals surface area (Å²) in [5.41, 5.74) is 4.53. The molecule has 2 heterocycles. The van der Waals surface area contributed by atoms with E-state index in [4.69, 9.17) is 14.5 Å². The standard InChI is InChI=1S/C25H31N3O3/c1-18-15-19(2)17-20(16-18)30-14-6-12-28-22-8-4-3-7-21(22)27-24(28)10-11-26-25(29)23-9-5-13-31-23/h3-4,7-8,15-17,23H,5-6,9-14H2,1-2H3,(H,26,29). The lowest BCUT2D eigenvalue weighted by molar-refractivity contribution is -0.130. The third kappa shape index (κ3) is 5.44. The topological polar surface area (TPSA) is 65.4 Å². The van der Waals surface area contributed by atoms with Gasteiger partial charge in [-0.1, -0.05) is 18.2 Å². The Kier molecular flexibility index (Phi) is 6.87. The monoisotopic (exact) mass is 421 g/mol. The van der Waals surface area contributed by atoms with Crippen molar-refractivity contribution in [3.8, 4) is 5.75 Å². The summed E-state index contributed by atoms with van der Waals surface area (Å²) < 4.78 is 13.7. The third-order valence-corrected chi connectivity index (χ3v) is 5.59. The Labute approximate surface area is 183 Å². The predicted octanol–water partition coefficient (Wildman–Crippen LogP) is 3.96. The number of hydrogen-bond acceptors (Lipinski definition) is 4. The fourth-order valence-corrected chi connectivity index (χ4v) is 4.19. The second-order valence-electron chi connectivity index (χ2n) is 8.24. The molecule has 6 nitrogen and oxygen atoms in total. The first-order valence-corrected chi connectivity index (χ1v) is 11.1. The number of ether oxygens (including phenoxy) is 2. The molecule has 1 atom stereocenters. The van der Waals surface area contributed by atoms with Crippen LogP contribution in [0.25, 0.3) is 11.0 Å². The highest BCUT2D eigenvalue weighted by atomic mass is 16.5. The van der Waals surface area contributed by atoms with Crippen molar-refractivity contribution in [2.75, 3.05) is 19.8 Å². The van der Waals surface area contributed by atoms with Gasteiger partial charge < -0.3 is 19.4 Å². The molecule has 6 heteroatoms. The smallest absolute Gasteiger partial charge is 0.249 e. The minimum Gasteiger partial charge on any atom is -0.494 e. The molecular formula is C25H31N3O3. The molecule has 1 fully saturated rings. The van der Waals surface area contributed by atoms with Crippen molar-refractivity contribution >= 4 is 16.9 Å². The fraction of sp³-hybridized carbons (Fsp3) is 0.440. The van der Waals surface area contributed by atoms with Gasteiger partial charge in [0.25, 0.3) is 0 Å². The van der Waals surface area contributed by atoms with Crippen molar-refractivity contribution in [3.05, 3.63) is 59.4 Å². The maximum atomic E-state index is 12.2. The molecule has 164 valence electrons. The van der Waals surface area contributed by atoms with Crippen LogP contribution in [-0.4, -0.2) is 41.3 Å². The second kappa shape index (κ2) is 9.96. The van der Waals surface area contributed by atoms with E-state index in [2.05, 4.69) is 48.0 Å². The van der Waals surface area contributed by atoms with Gasteiger partial charge in [-0.25, -0.2) is 4.98 Å². The van der Waals surface area contributed by atoms with Gasteiger partial charge in [0.05, 0.1) is 17.6 Å². The fourth-order valence-electron chi connectivity index (χ4n) is 4.19. The molecule has 4 rings (SSSR count). The summed E-state index contributed by atoms with van der Waals surface area (Å²) in [5.74, 6) is 1.90. The van der Waals surface area contributed by atoms with Crippen LogP contribution in [0.3, 0.4) is 0 Å². The van der Waals surface area contributed by atoms with E-state index in [9.17, 15) is 4.79 Å². The highest BCUT2D eigenvalue weighted by molar-refractivity contribution is 5.81. The molecule has 3 aromatic rings. The van der Waals surface area contributed by atoms with E-state index < -0.39 is 0 Å². The number of hydrogen-bond donors (Lipinski definition) is 1. The van der Waals surface area contributed by atoms with Crippen molar-refractivity contribution in [2.24, 2.45) is 0 Å². The zero-order chi connectivity index (χ0) is 21.6. The van der Waals surface area contributed by atoms with E-state index in [0.29, 0.717) is 26.2 Å². The molecule has 0 aliphatic carbocycles. The number of aromatic nitrogens is 2. The molecule has 2 aromatic carbocycles. The summed E-state index contributed by atoms with van der Waals surface area (Å²) in [4.78, 5) is 17.0. The molecular weight excluding hydrogens is 390 g/mol. The second-order valence-corrected chi connectivity index (χ2v) is 8.24. The number of fused-ring (bicyclic) bond motifs is 1. The number of benzene rings is 2. The average Bonchev–Trinajstić information content (AvgIpc) is 3.39. The predicted molar refractivity (Wildman–Crippen MR) is 121 cm³/mol. The zero-order valence-electron chi connectivity index (χ0n) is 18.4. The van der Waals surface area contributed by atoms with Crippen LogP contribution < -0.4 is 10.1 Å². The van der Waals surface area contributed by atoms with Gasteiger partial charge in [-0.3, -0.25) is 4.79 Å². The van der Waals surface area contributed by atoms with E-state index in [1.165, 1.54) is 11.1 Å². The maximum absolute atomic E-state index is 12.2. The quantitative estimate of drug-likeness (QED) is 0.531. The number of nitrogens with zero attached hydrogens (tertiary/aromatic N) is 2.